The zero-order valence-corrected chi connectivity index (χ0v) is 14.2. The third-order valence-electron chi connectivity index (χ3n) is 3.83. The number of aromatic nitrogens is 2. The molecule has 6 heteroatoms. The second-order valence-corrected chi connectivity index (χ2v) is 6.59. The standard InChI is InChI=1S/C18H19N3O2S/c1-13-15(10-19-20-13)18(23)21(11-14-6-3-2-4-7-14)12-16(22)17-8-5-9-24-17/h2-10,16,22H,11-12H2,1H3,(H,19,20)/t16-/m1/s1. The van der Waals surface area contributed by atoms with Gasteiger partial charge in [0.25, 0.3) is 5.91 Å². The van der Waals surface area contributed by atoms with Gasteiger partial charge in [-0.05, 0) is 23.9 Å². The summed E-state index contributed by atoms with van der Waals surface area (Å²) in [7, 11) is 0. The van der Waals surface area contributed by atoms with Crippen LogP contribution in [0.1, 0.15) is 32.6 Å². The highest BCUT2D eigenvalue weighted by Gasteiger charge is 2.23. The van der Waals surface area contributed by atoms with Crippen molar-refractivity contribution in [1.29, 1.82) is 0 Å². The molecule has 0 saturated heterocycles. The van der Waals surface area contributed by atoms with E-state index < -0.39 is 6.10 Å². The molecule has 0 aliphatic carbocycles. The highest BCUT2D eigenvalue weighted by atomic mass is 32.1. The fraction of sp³-hybridized carbons (Fsp3) is 0.222. The van der Waals surface area contributed by atoms with Crippen LogP contribution in [-0.2, 0) is 6.54 Å². The Balaban J connectivity index is 1.83. The number of nitrogens with one attached hydrogen (secondary N) is 1. The molecule has 3 aromatic rings. The number of aromatic amines is 1. The molecular weight excluding hydrogens is 322 g/mol. The molecule has 2 aromatic heterocycles. The van der Waals surface area contributed by atoms with Crippen molar-refractivity contribution in [1.82, 2.24) is 15.1 Å². The van der Waals surface area contributed by atoms with E-state index in [1.54, 1.807) is 4.90 Å². The SMILES string of the molecule is Cc1[nH]ncc1C(=O)N(Cc1ccccc1)C[C@@H](O)c1cccs1. The average molecular weight is 341 g/mol. The summed E-state index contributed by atoms with van der Waals surface area (Å²) < 4.78 is 0. The number of aryl methyl sites for hydroxylation is 1. The maximum atomic E-state index is 12.9. The Morgan fingerprint density at radius 3 is 2.71 bits per heavy atom. The molecule has 0 fully saturated rings. The summed E-state index contributed by atoms with van der Waals surface area (Å²) in [6, 6.07) is 13.5. The molecule has 124 valence electrons. The molecule has 24 heavy (non-hydrogen) atoms. The van der Waals surface area contributed by atoms with Crippen molar-refractivity contribution in [3.63, 3.8) is 0 Å². The van der Waals surface area contributed by atoms with E-state index in [0.29, 0.717) is 12.1 Å². The summed E-state index contributed by atoms with van der Waals surface area (Å²) in [4.78, 5) is 15.4. The van der Waals surface area contributed by atoms with E-state index in [0.717, 1.165) is 16.1 Å². The van der Waals surface area contributed by atoms with Gasteiger partial charge in [-0.1, -0.05) is 36.4 Å². The number of benzene rings is 1. The maximum Gasteiger partial charge on any atom is 0.257 e. The van der Waals surface area contributed by atoms with Gasteiger partial charge in [-0.15, -0.1) is 11.3 Å². The minimum atomic E-state index is -0.704. The summed E-state index contributed by atoms with van der Waals surface area (Å²) in [6.45, 7) is 2.49. The summed E-state index contributed by atoms with van der Waals surface area (Å²) in [5, 5.41) is 19.1. The molecule has 5 nitrogen and oxygen atoms in total. The number of thiophene rings is 1. The first-order chi connectivity index (χ1) is 11.6. The second-order valence-electron chi connectivity index (χ2n) is 5.61. The van der Waals surface area contributed by atoms with Crippen LogP contribution in [0.4, 0.5) is 0 Å². The maximum absolute atomic E-state index is 12.9. The smallest absolute Gasteiger partial charge is 0.257 e. The summed E-state index contributed by atoms with van der Waals surface area (Å²) >= 11 is 1.49. The van der Waals surface area contributed by atoms with E-state index in [4.69, 9.17) is 0 Å². The molecule has 0 radical (unpaired) electrons. The molecule has 0 bridgehead atoms. The van der Waals surface area contributed by atoms with Crippen molar-refractivity contribution in [2.45, 2.75) is 19.6 Å². The van der Waals surface area contributed by atoms with Gasteiger partial charge < -0.3 is 10.0 Å². The number of hydrogen-bond acceptors (Lipinski definition) is 4. The lowest BCUT2D eigenvalue weighted by molar-refractivity contribution is 0.0608. The Labute approximate surface area is 144 Å². The minimum absolute atomic E-state index is 0.138. The van der Waals surface area contributed by atoms with Crippen molar-refractivity contribution in [3.8, 4) is 0 Å². The number of aliphatic hydroxyl groups is 1. The van der Waals surface area contributed by atoms with Crippen LogP contribution < -0.4 is 0 Å². The van der Waals surface area contributed by atoms with E-state index in [1.807, 2.05) is 54.8 Å². The lowest BCUT2D eigenvalue weighted by atomic mass is 10.1. The van der Waals surface area contributed by atoms with Crippen LogP contribution in [0.25, 0.3) is 0 Å². The van der Waals surface area contributed by atoms with Crippen molar-refractivity contribution < 1.29 is 9.90 Å². The van der Waals surface area contributed by atoms with Crippen molar-refractivity contribution >= 4 is 17.2 Å². The molecule has 0 spiro atoms. The highest BCUT2D eigenvalue weighted by molar-refractivity contribution is 7.10. The van der Waals surface area contributed by atoms with Crippen molar-refractivity contribution in [3.05, 3.63) is 75.7 Å². The topological polar surface area (TPSA) is 69.2 Å². The van der Waals surface area contributed by atoms with Gasteiger partial charge in [0.05, 0.1) is 18.3 Å². The van der Waals surface area contributed by atoms with Crippen LogP contribution in [0.5, 0.6) is 0 Å². The molecule has 0 unspecified atom stereocenters. The Kier molecular flexibility index (Phi) is 5.08. The Morgan fingerprint density at radius 2 is 2.08 bits per heavy atom. The van der Waals surface area contributed by atoms with Crippen LogP contribution in [0, 0.1) is 6.92 Å². The van der Waals surface area contributed by atoms with Gasteiger partial charge in [-0.2, -0.15) is 5.10 Å². The van der Waals surface area contributed by atoms with Crippen LogP contribution in [0.2, 0.25) is 0 Å². The molecule has 1 amide bonds. The van der Waals surface area contributed by atoms with Crippen molar-refractivity contribution in [2.75, 3.05) is 6.54 Å². The molecule has 0 aliphatic heterocycles. The van der Waals surface area contributed by atoms with E-state index in [1.165, 1.54) is 17.5 Å². The average Bonchev–Trinajstić information content (AvgIpc) is 3.26. The molecule has 2 heterocycles. The number of hydrogen-bond donors (Lipinski definition) is 2. The highest BCUT2D eigenvalue weighted by Crippen LogP contribution is 2.22. The fourth-order valence-corrected chi connectivity index (χ4v) is 3.24. The number of amides is 1. The van der Waals surface area contributed by atoms with Crippen LogP contribution in [0.15, 0.2) is 54.0 Å². The Morgan fingerprint density at radius 1 is 1.29 bits per heavy atom. The molecule has 1 aromatic carbocycles. The van der Waals surface area contributed by atoms with Gasteiger partial charge in [0.15, 0.2) is 0 Å². The minimum Gasteiger partial charge on any atom is -0.386 e. The molecule has 1 atom stereocenters. The first-order valence-electron chi connectivity index (χ1n) is 7.70. The number of carbonyl (C=O) groups excluding carboxylic acids is 1. The lowest BCUT2D eigenvalue weighted by Gasteiger charge is -2.25. The van der Waals surface area contributed by atoms with Gasteiger partial charge in [0, 0.05) is 17.1 Å². The first-order valence-corrected chi connectivity index (χ1v) is 8.57. The number of nitrogens with zero attached hydrogens (tertiary/aromatic N) is 2. The number of aliphatic hydroxyl groups excluding tert-OH is 1. The molecular formula is C18H19N3O2S. The predicted molar refractivity (Wildman–Crippen MR) is 93.8 cm³/mol. The van der Waals surface area contributed by atoms with Crippen molar-refractivity contribution in [2.24, 2.45) is 0 Å². The van der Waals surface area contributed by atoms with Crippen LogP contribution in [-0.4, -0.2) is 32.7 Å². The van der Waals surface area contributed by atoms with E-state index >= 15 is 0 Å². The monoisotopic (exact) mass is 341 g/mol. The van der Waals surface area contributed by atoms with Gasteiger partial charge in [-0.3, -0.25) is 9.89 Å². The van der Waals surface area contributed by atoms with Gasteiger partial charge in [0.2, 0.25) is 0 Å². The second kappa shape index (κ2) is 7.42. The normalized spacial score (nSPS) is 12.1. The zero-order chi connectivity index (χ0) is 16.9. The van der Waals surface area contributed by atoms with E-state index in [-0.39, 0.29) is 12.5 Å². The molecule has 3 rings (SSSR count). The largest absolute Gasteiger partial charge is 0.386 e. The number of rotatable bonds is 6. The lowest BCUT2D eigenvalue weighted by Crippen LogP contribution is -2.34. The summed E-state index contributed by atoms with van der Waals surface area (Å²) in [5.41, 5.74) is 2.28. The number of carbonyl (C=O) groups is 1. The third kappa shape index (κ3) is 3.72. The number of H-pyrrole nitrogens is 1. The quantitative estimate of drug-likeness (QED) is 0.723. The van der Waals surface area contributed by atoms with Crippen LogP contribution in [0.3, 0.4) is 0 Å². The van der Waals surface area contributed by atoms with Gasteiger partial charge in [-0.25, -0.2) is 0 Å². The van der Waals surface area contributed by atoms with Crippen LogP contribution >= 0.6 is 11.3 Å². The summed E-state index contributed by atoms with van der Waals surface area (Å²) in [5.74, 6) is -0.138. The first kappa shape index (κ1) is 16.4. The molecule has 2 N–H and O–H groups in total. The predicted octanol–water partition coefficient (Wildman–Crippen LogP) is 3.16. The van der Waals surface area contributed by atoms with Gasteiger partial charge >= 0.3 is 0 Å². The third-order valence-corrected chi connectivity index (χ3v) is 4.80. The Bertz CT molecular complexity index is 784. The molecule has 0 saturated carbocycles. The van der Waals surface area contributed by atoms with E-state index in [9.17, 15) is 9.90 Å². The fourth-order valence-electron chi connectivity index (χ4n) is 2.54. The summed E-state index contributed by atoms with van der Waals surface area (Å²) in [6.07, 6.45) is 0.831. The van der Waals surface area contributed by atoms with Gasteiger partial charge in [0.1, 0.15) is 6.10 Å². The molecule has 0 aliphatic rings. The Hall–Kier alpha value is -2.44. The zero-order valence-electron chi connectivity index (χ0n) is 13.3. The van der Waals surface area contributed by atoms with E-state index in [2.05, 4.69) is 10.2 Å².